The van der Waals surface area contributed by atoms with Crippen LogP contribution in [0.1, 0.15) is 19.4 Å². The number of ether oxygens (including phenoxy) is 3. The van der Waals surface area contributed by atoms with Crippen LogP contribution in [0.3, 0.4) is 0 Å². The summed E-state index contributed by atoms with van der Waals surface area (Å²) in [5.74, 6) is 1.32. The Hall–Kier alpha value is -3.35. The molecule has 6 rings (SSSR count). The molecular weight excluding hydrogens is 440 g/mol. The Kier molecular flexibility index (Phi) is 5.31. The van der Waals surface area contributed by atoms with Gasteiger partial charge in [-0.3, -0.25) is 9.69 Å². The maximum absolute atomic E-state index is 14.0. The van der Waals surface area contributed by atoms with E-state index in [0.717, 1.165) is 66.0 Å². The van der Waals surface area contributed by atoms with E-state index >= 15 is 0 Å². The van der Waals surface area contributed by atoms with E-state index in [2.05, 4.69) is 27.7 Å². The third-order valence-corrected chi connectivity index (χ3v) is 7.09. The van der Waals surface area contributed by atoms with Gasteiger partial charge in [0.1, 0.15) is 23.7 Å². The van der Waals surface area contributed by atoms with Crippen molar-refractivity contribution >= 4 is 38.7 Å². The predicted molar refractivity (Wildman–Crippen MR) is 141 cm³/mol. The van der Waals surface area contributed by atoms with Gasteiger partial charge in [-0.25, -0.2) is 0 Å². The lowest BCUT2D eigenvalue weighted by molar-refractivity contribution is 0.0323. The lowest BCUT2D eigenvalue weighted by atomic mass is 9.97. The number of aryl methyl sites for hydroxylation is 1. The summed E-state index contributed by atoms with van der Waals surface area (Å²) in [5, 5.41) is 3.45. The molecule has 2 aliphatic rings. The fourth-order valence-electron chi connectivity index (χ4n) is 5.22. The average Bonchev–Trinajstić information content (AvgIpc) is 2.85. The predicted octanol–water partition coefficient (Wildman–Crippen LogP) is 4.74. The Morgan fingerprint density at radius 1 is 1.06 bits per heavy atom. The van der Waals surface area contributed by atoms with Crippen molar-refractivity contribution in [1.29, 1.82) is 0 Å². The van der Waals surface area contributed by atoms with Gasteiger partial charge in [0.05, 0.1) is 29.6 Å². The molecule has 0 amide bonds. The highest BCUT2D eigenvalue weighted by molar-refractivity contribution is 6.05. The quantitative estimate of drug-likeness (QED) is 0.403. The fourth-order valence-corrected chi connectivity index (χ4v) is 5.22. The third kappa shape index (κ3) is 3.87. The standard InChI is InChI=1S/C29H30N2O4/c1-29(2)9-8-21-24(35-29)18-25(34-15-12-31-10-13-33-14-11-31)26-27(21)30(3)23-17-20-7-5-4-6-19(20)16-22(23)28(26)32/h4-9,16-18H,10-15H2,1-3H3. The molecule has 1 saturated heterocycles. The van der Waals surface area contributed by atoms with Crippen LogP contribution in [0.4, 0.5) is 0 Å². The Bertz CT molecular complexity index is 1540. The van der Waals surface area contributed by atoms with E-state index in [-0.39, 0.29) is 5.43 Å². The second kappa shape index (κ2) is 8.40. The van der Waals surface area contributed by atoms with Crippen molar-refractivity contribution in [2.24, 2.45) is 7.05 Å². The van der Waals surface area contributed by atoms with E-state index in [4.69, 9.17) is 14.2 Å². The van der Waals surface area contributed by atoms with Crippen molar-refractivity contribution in [2.45, 2.75) is 19.4 Å². The molecule has 1 fully saturated rings. The van der Waals surface area contributed by atoms with E-state index in [1.54, 1.807) is 0 Å². The molecule has 0 bridgehead atoms. The van der Waals surface area contributed by atoms with Gasteiger partial charge in [0, 0.05) is 43.7 Å². The van der Waals surface area contributed by atoms with Crippen LogP contribution in [-0.2, 0) is 11.8 Å². The highest BCUT2D eigenvalue weighted by atomic mass is 16.5. The first-order valence-electron chi connectivity index (χ1n) is 12.2. The molecule has 6 nitrogen and oxygen atoms in total. The van der Waals surface area contributed by atoms with Crippen LogP contribution in [0, 0.1) is 0 Å². The maximum atomic E-state index is 14.0. The molecule has 4 aromatic rings. The molecule has 0 saturated carbocycles. The lowest BCUT2D eigenvalue weighted by Gasteiger charge is -2.30. The van der Waals surface area contributed by atoms with Gasteiger partial charge >= 0.3 is 0 Å². The summed E-state index contributed by atoms with van der Waals surface area (Å²) in [7, 11) is 2.02. The zero-order valence-electron chi connectivity index (χ0n) is 20.5. The van der Waals surface area contributed by atoms with Gasteiger partial charge in [-0.05, 0) is 48.9 Å². The number of aromatic nitrogens is 1. The summed E-state index contributed by atoms with van der Waals surface area (Å²) in [5.41, 5.74) is 2.20. The molecule has 2 aliphatic heterocycles. The Balaban J connectivity index is 1.56. The zero-order valence-corrected chi connectivity index (χ0v) is 20.5. The number of nitrogens with zero attached hydrogens (tertiary/aromatic N) is 2. The van der Waals surface area contributed by atoms with Crippen LogP contribution in [0.25, 0.3) is 38.7 Å². The molecule has 0 aliphatic carbocycles. The number of pyridine rings is 1. The topological polar surface area (TPSA) is 52.9 Å². The summed E-state index contributed by atoms with van der Waals surface area (Å²) in [4.78, 5) is 16.3. The van der Waals surface area contributed by atoms with Crippen LogP contribution in [0.5, 0.6) is 11.5 Å². The highest BCUT2D eigenvalue weighted by Crippen LogP contribution is 2.41. The summed E-state index contributed by atoms with van der Waals surface area (Å²) in [6.07, 6.45) is 4.12. The molecular formula is C29H30N2O4. The maximum Gasteiger partial charge on any atom is 0.201 e. The summed E-state index contributed by atoms with van der Waals surface area (Å²) in [6.45, 7) is 8.63. The number of rotatable bonds is 4. The first kappa shape index (κ1) is 22.1. The summed E-state index contributed by atoms with van der Waals surface area (Å²) < 4.78 is 20.2. The molecule has 180 valence electrons. The van der Waals surface area contributed by atoms with Crippen molar-refractivity contribution in [1.82, 2.24) is 9.47 Å². The fraction of sp³-hybridized carbons (Fsp3) is 0.345. The van der Waals surface area contributed by atoms with Gasteiger partial charge in [-0.1, -0.05) is 24.3 Å². The first-order valence-corrected chi connectivity index (χ1v) is 12.2. The van der Waals surface area contributed by atoms with Gasteiger partial charge in [-0.2, -0.15) is 0 Å². The minimum absolute atomic E-state index is 0.0127. The SMILES string of the molecule is Cn1c2cc3ccccc3cc2c(=O)c2c(OCCN3CCOCC3)cc3c(c21)C=CC(C)(C)O3. The van der Waals surface area contributed by atoms with Crippen LogP contribution in [0.15, 0.2) is 53.3 Å². The van der Waals surface area contributed by atoms with E-state index in [9.17, 15) is 4.79 Å². The van der Waals surface area contributed by atoms with E-state index < -0.39 is 5.60 Å². The van der Waals surface area contributed by atoms with Crippen molar-refractivity contribution < 1.29 is 14.2 Å². The molecule has 0 N–H and O–H groups in total. The number of benzene rings is 3. The van der Waals surface area contributed by atoms with E-state index in [1.165, 1.54) is 0 Å². The molecule has 0 radical (unpaired) electrons. The van der Waals surface area contributed by atoms with Gasteiger partial charge in [0.15, 0.2) is 0 Å². The average molecular weight is 471 g/mol. The van der Waals surface area contributed by atoms with Crippen LogP contribution >= 0.6 is 0 Å². The van der Waals surface area contributed by atoms with Crippen LogP contribution in [0.2, 0.25) is 0 Å². The Morgan fingerprint density at radius 2 is 1.80 bits per heavy atom. The molecule has 3 aromatic carbocycles. The highest BCUT2D eigenvalue weighted by Gasteiger charge is 2.27. The monoisotopic (exact) mass is 470 g/mol. The zero-order chi connectivity index (χ0) is 24.2. The summed E-state index contributed by atoms with van der Waals surface area (Å²) in [6, 6.07) is 14.1. The Morgan fingerprint density at radius 3 is 2.57 bits per heavy atom. The molecule has 1 aromatic heterocycles. The minimum atomic E-state index is -0.433. The largest absolute Gasteiger partial charge is 0.491 e. The number of morpholine rings is 1. The van der Waals surface area contributed by atoms with Crippen molar-refractivity contribution in [3.05, 3.63) is 64.3 Å². The van der Waals surface area contributed by atoms with Gasteiger partial charge in [0.2, 0.25) is 5.43 Å². The van der Waals surface area contributed by atoms with Gasteiger partial charge < -0.3 is 18.8 Å². The van der Waals surface area contributed by atoms with E-state index in [1.807, 2.05) is 57.3 Å². The van der Waals surface area contributed by atoms with Gasteiger partial charge in [-0.15, -0.1) is 0 Å². The number of hydrogen-bond donors (Lipinski definition) is 0. The number of hydrogen-bond acceptors (Lipinski definition) is 5. The smallest absolute Gasteiger partial charge is 0.201 e. The normalized spacial score (nSPS) is 17.6. The molecule has 0 atom stereocenters. The van der Waals surface area contributed by atoms with Crippen molar-refractivity contribution in [2.75, 3.05) is 39.5 Å². The molecule has 3 heterocycles. The first-order chi connectivity index (χ1) is 16.9. The lowest BCUT2D eigenvalue weighted by Crippen LogP contribution is -2.38. The third-order valence-electron chi connectivity index (χ3n) is 7.09. The van der Waals surface area contributed by atoms with Crippen molar-refractivity contribution in [3.63, 3.8) is 0 Å². The van der Waals surface area contributed by atoms with E-state index in [0.29, 0.717) is 23.1 Å². The second-order valence-electron chi connectivity index (χ2n) is 9.96. The summed E-state index contributed by atoms with van der Waals surface area (Å²) >= 11 is 0. The van der Waals surface area contributed by atoms with Crippen LogP contribution in [-0.4, -0.2) is 54.5 Å². The van der Waals surface area contributed by atoms with Crippen molar-refractivity contribution in [3.8, 4) is 11.5 Å². The van der Waals surface area contributed by atoms with Gasteiger partial charge in [0.25, 0.3) is 0 Å². The van der Waals surface area contributed by atoms with Crippen LogP contribution < -0.4 is 14.9 Å². The minimum Gasteiger partial charge on any atom is -0.491 e. The molecule has 6 heteroatoms. The second-order valence-corrected chi connectivity index (χ2v) is 9.96. The number of fused-ring (bicyclic) bond motifs is 5. The Labute approximate surface area is 204 Å². The molecule has 35 heavy (non-hydrogen) atoms. The molecule has 0 spiro atoms. The molecule has 0 unspecified atom stereocenters.